The van der Waals surface area contributed by atoms with Gasteiger partial charge >= 0.3 is 0 Å². The van der Waals surface area contributed by atoms with Crippen molar-refractivity contribution in [1.29, 1.82) is 0 Å². The van der Waals surface area contributed by atoms with Gasteiger partial charge in [-0.05, 0) is 13.3 Å². The van der Waals surface area contributed by atoms with Gasteiger partial charge in [-0.3, -0.25) is 0 Å². The van der Waals surface area contributed by atoms with Gasteiger partial charge in [0, 0.05) is 7.11 Å². The van der Waals surface area contributed by atoms with Gasteiger partial charge in [-0.2, -0.15) is 0 Å². The van der Waals surface area contributed by atoms with Crippen LogP contribution in [0.2, 0.25) is 0 Å². The van der Waals surface area contributed by atoms with Crippen LogP contribution in [0.1, 0.15) is 38.0 Å². The molecule has 1 heterocycles. The number of nitrogens with zero attached hydrogens (tertiary/aromatic N) is 3. The van der Waals surface area contributed by atoms with Crippen molar-refractivity contribution in [2.24, 2.45) is 5.73 Å². The van der Waals surface area contributed by atoms with Crippen molar-refractivity contribution in [2.75, 3.05) is 13.7 Å². The molecule has 5 heteroatoms. The van der Waals surface area contributed by atoms with Gasteiger partial charge in [-0.25, -0.2) is 4.68 Å². The number of hydrogen-bond donors (Lipinski definition) is 1. The van der Waals surface area contributed by atoms with Crippen molar-refractivity contribution in [3.63, 3.8) is 0 Å². The maximum Gasteiger partial charge on any atom is 0.0781 e. The molecule has 0 aliphatic heterocycles. The second-order valence-electron chi connectivity index (χ2n) is 3.42. The summed E-state index contributed by atoms with van der Waals surface area (Å²) in [5.41, 5.74) is 6.85. The highest BCUT2D eigenvalue weighted by Gasteiger charge is 2.15. The van der Waals surface area contributed by atoms with Crippen LogP contribution in [0.15, 0.2) is 6.20 Å². The SMILES string of the molecule is CCC(C)n1nncc1[C@H](N)COC. The van der Waals surface area contributed by atoms with E-state index in [1.54, 1.807) is 13.3 Å². The van der Waals surface area contributed by atoms with Crippen molar-refractivity contribution in [3.8, 4) is 0 Å². The third kappa shape index (κ3) is 2.30. The van der Waals surface area contributed by atoms with Gasteiger partial charge in [0.1, 0.15) is 0 Å². The van der Waals surface area contributed by atoms with Crippen LogP contribution in [0.5, 0.6) is 0 Å². The fourth-order valence-corrected chi connectivity index (χ4v) is 1.30. The topological polar surface area (TPSA) is 66.0 Å². The molecule has 14 heavy (non-hydrogen) atoms. The largest absolute Gasteiger partial charge is 0.383 e. The lowest BCUT2D eigenvalue weighted by molar-refractivity contribution is 0.176. The van der Waals surface area contributed by atoms with Crippen molar-refractivity contribution in [2.45, 2.75) is 32.4 Å². The van der Waals surface area contributed by atoms with Gasteiger partial charge in [0.15, 0.2) is 0 Å². The Balaban J connectivity index is 2.81. The predicted octanol–water partition coefficient (Wildman–Crippen LogP) is 0.895. The second kappa shape index (κ2) is 5.07. The summed E-state index contributed by atoms with van der Waals surface area (Å²) in [5, 5.41) is 7.89. The van der Waals surface area contributed by atoms with Crippen LogP contribution in [0.4, 0.5) is 0 Å². The van der Waals surface area contributed by atoms with E-state index in [1.165, 1.54) is 0 Å². The molecule has 2 atom stereocenters. The molecule has 5 nitrogen and oxygen atoms in total. The van der Waals surface area contributed by atoms with Gasteiger partial charge in [-0.15, -0.1) is 5.10 Å². The molecule has 0 spiro atoms. The number of methoxy groups -OCH3 is 1. The summed E-state index contributed by atoms with van der Waals surface area (Å²) in [6, 6.07) is 0.180. The van der Waals surface area contributed by atoms with E-state index in [4.69, 9.17) is 10.5 Å². The minimum atomic E-state index is -0.149. The molecule has 1 unspecified atom stereocenters. The minimum Gasteiger partial charge on any atom is -0.383 e. The number of nitrogens with two attached hydrogens (primary N) is 1. The minimum absolute atomic E-state index is 0.149. The lowest BCUT2D eigenvalue weighted by atomic mass is 10.2. The molecule has 0 aliphatic carbocycles. The first-order chi connectivity index (χ1) is 6.70. The molecule has 0 aromatic carbocycles. The third-order valence-electron chi connectivity index (χ3n) is 2.34. The van der Waals surface area contributed by atoms with E-state index >= 15 is 0 Å². The smallest absolute Gasteiger partial charge is 0.0781 e. The van der Waals surface area contributed by atoms with Crippen LogP contribution >= 0.6 is 0 Å². The van der Waals surface area contributed by atoms with E-state index < -0.39 is 0 Å². The van der Waals surface area contributed by atoms with Gasteiger partial charge in [-0.1, -0.05) is 12.1 Å². The average molecular weight is 198 g/mol. The van der Waals surface area contributed by atoms with Crippen LogP contribution in [0, 0.1) is 0 Å². The first-order valence-electron chi connectivity index (χ1n) is 4.85. The maximum atomic E-state index is 5.92. The van der Waals surface area contributed by atoms with E-state index in [0.29, 0.717) is 12.6 Å². The van der Waals surface area contributed by atoms with E-state index in [1.807, 2.05) is 4.68 Å². The normalized spacial score (nSPS) is 15.4. The quantitative estimate of drug-likeness (QED) is 0.763. The van der Waals surface area contributed by atoms with E-state index in [2.05, 4.69) is 24.2 Å². The number of rotatable bonds is 5. The Morgan fingerprint density at radius 2 is 2.36 bits per heavy atom. The fourth-order valence-electron chi connectivity index (χ4n) is 1.30. The average Bonchev–Trinajstić information content (AvgIpc) is 2.65. The Bertz CT molecular complexity index is 274. The monoisotopic (exact) mass is 198 g/mol. The first kappa shape index (κ1) is 11.1. The summed E-state index contributed by atoms with van der Waals surface area (Å²) in [5.74, 6) is 0. The van der Waals surface area contributed by atoms with Gasteiger partial charge in [0.25, 0.3) is 0 Å². The first-order valence-corrected chi connectivity index (χ1v) is 4.85. The van der Waals surface area contributed by atoms with Crippen molar-refractivity contribution < 1.29 is 4.74 Å². The molecule has 80 valence electrons. The van der Waals surface area contributed by atoms with Crippen LogP contribution < -0.4 is 5.73 Å². The summed E-state index contributed by atoms with van der Waals surface area (Å²) in [4.78, 5) is 0. The second-order valence-corrected chi connectivity index (χ2v) is 3.42. The van der Waals surface area contributed by atoms with E-state index in [-0.39, 0.29) is 6.04 Å². The molecular weight excluding hydrogens is 180 g/mol. The molecule has 0 radical (unpaired) electrons. The predicted molar refractivity (Wildman–Crippen MR) is 53.8 cm³/mol. The molecule has 0 amide bonds. The molecule has 2 N–H and O–H groups in total. The molecule has 1 rings (SSSR count). The molecule has 1 aromatic heterocycles. The van der Waals surface area contributed by atoms with Gasteiger partial charge < -0.3 is 10.5 Å². The Kier molecular flexibility index (Phi) is 4.03. The van der Waals surface area contributed by atoms with Crippen molar-refractivity contribution >= 4 is 0 Å². The summed E-state index contributed by atoms with van der Waals surface area (Å²) < 4.78 is 6.87. The van der Waals surface area contributed by atoms with Crippen LogP contribution in [0.3, 0.4) is 0 Å². The van der Waals surface area contributed by atoms with Crippen molar-refractivity contribution in [1.82, 2.24) is 15.0 Å². The highest BCUT2D eigenvalue weighted by Crippen LogP contribution is 2.15. The third-order valence-corrected chi connectivity index (χ3v) is 2.34. The zero-order valence-electron chi connectivity index (χ0n) is 8.97. The zero-order chi connectivity index (χ0) is 10.6. The maximum absolute atomic E-state index is 5.92. The fraction of sp³-hybridized carbons (Fsp3) is 0.778. The molecule has 1 aromatic rings. The highest BCUT2D eigenvalue weighted by atomic mass is 16.5. The summed E-state index contributed by atoms with van der Waals surface area (Å²) in [6.07, 6.45) is 2.71. The van der Waals surface area contributed by atoms with Gasteiger partial charge in [0.2, 0.25) is 0 Å². The Morgan fingerprint density at radius 1 is 1.64 bits per heavy atom. The van der Waals surface area contributed by atoms with Crippen LogP contribution in [-0.4, -0.2) is 28.7 Å². The number of aromatic nitrogens is 3. The summed E-state index contributed by atoms with van der Waals surface area (Å²) in [7, 11) is 1.64. The summed E-state index contributed by atoms with van der Waals surface area (Å²) in [6.45, 7) is 4.69. The summed E-state index contributed by atoms with van der Waals surface area (Å²) >= 11 is 0. The molecule has 0 saturated carbocycles. The zero-order valence-corrected chi connectivity index (χ0v) is 8.97. The molecule has 0 bridgehead atoms. The van der Waals surface area contributed by atoms with Gasteiger partial charge in [0.05, 0.1) is 30.6 Å². The Hall–Kier alpha value is -0.940. The van der Waals surface area contributed by atoms with E-state index in [0.717, 1.165) is 12.1 Å². The number of hydrogen-bond acceptors (Lipinski definition) is 4. The van der Waals surface area contributed by atoms with Crippen LogP contribution in [-0.2, 0) is 4.74 Å². The number of ether oxygens (including phenoxy) is 1. The lowest BCUT2D eigenvalue weighted by Crippen LogP contribution is -2.22. The molecule has 0 saturated heterocycles. The van der Waals surface area contributed by atoms with Crippen LogP contribution in [0.25, 0.3) is 0 Å². The molecule has 0 aliphatic rings. The van der Waals surface area contributed by atoms with E-state index in [9.17, 15) is 0 Å². The molecule has 0 fully saturated rings. The Labute approximate surface area is 84.2 Å². The Morgan fingerprint density at radius 3 is 2.93 bits per heavy atom. The standard InChI is InChI=1S/C9H18N4O/c1-4-7(2)13-9(5-11-12-13)8(10)6-14-3/h5,7-8H,4,6,10H2,1-3H3/t7?,8-/m1/s1. The highest BCUT2D eigenvalue weighted by molar-refractivity contribution is 5.02. The van der Waals surface area contributed by atoms with Crippen molar-refractivity contribution in [3.05, 3.63) is 11.9 Å². The lowest BCUT2D eigenvalue weighted by Gasteiger charge is -2.16. The molecular formula is C9H18N4O.